The molecule has 2 aromatic carbocycles. The van der Waals surface area contributed by atoms with Crippen LogP contribution in [0.4, 0.5) is 21.5 Å². The van der Waals surface area contributed by atoms with Gasteiger partial charge >= 0.3 is 0 Å². The Kier molecular flexibility index (Phi) is 6.25. The number of hydrogen-bond acceptors (Lipinski definition) is 7. The predicted octanol–water partition coefficient (Wildman–Crippen LogP) is -0.0772. The Balaban J connectivity index is 1.57. The molecule has 0 unspecified atom stereocenters. The van der Waals surface area contributed by atoms with Crippen LogP contribution in [0.1, 0.15) is 0 Å². The van der Waals surface area contributed by atoms with Crippen LogP contribution >= 0.6 is 0 Å². The summed E-state index contributed by atoms with van der Waals surface area (Å²) >= 11 is 0. The van der Waals surface area contributed by atoms with Crippen molar-refractivity contribution in [1.82, 2.24) is 5.32 Å². The number of rotatable bonds is 8. The van der Waals surface area contributed by atoms with Gasteiger partial charge in [-0.05, 0) is 24.3 Å². The van der Waals surface area contributed by atoms with Gasteiger partial charge in [0, 0.05) is 45.5 Å². The predicted molar refractivity (Wildman–Crippen MR) is 106 cm³/mol. The average molecular weight is 390 g/mol. The van der Waals surface area contributed by atoms with E-state index >= 15 is 0 Å². The fourth-order valence-electron chi connectivity index (χ4n) is 3.21. The molecule has 1 fully saturated rings. The van der Waals surface area contributed by atoms with Crippen LogP contribution in [0.25, 0.3) is 0 Å². The van der Waals surface area contributed by atoms with Gasteiger partial charge in [0.15, 0.2) is 0 Å². The Hall–Kier alpha value is -2.94. The summed E-state index contributed by atoms with van der Waals surface area (Å²) in [6.45, 7) is 3.07. The lowest BCUT2D eigenvalue weighted by Crippen LogP contribution is -2.52. The van der Waals surface area contributed by atoms with Gasteiger partial charge in [-0.1, -0.05) is 0 Å². The lowest BCUT2D eigenvalue weighted by Gasteiger charge is -2.38. The second-order valence-corrected chi connectivity index (χ2v) is 6.53. The van der Waals surface area contributed by atoms with Crippen molar-refractivity contribution < 1.29 is 13.9 Å². The number of halogens is 1. The number of carbonyl (C=O) groups is 1. The van der Waals surface area contributed by atoms with Crippen molar-refractivity contribution in [3.05, 3.63) is 50.5 Å². The van der Waals surface area contributed by atoms with E-state index in [-0.39, 0.29) is 24.0 Å². The van der Waals surface area contributed by atoms with Crippen LogP contribution in [0.5, 0.6) is 0 Å². The minimum absolute atomic E-state index is 0.0862. The lowest BCUT2D eigenvalue weighted by atomic mass is 10.1. The summed E-state index contributed by atoms with van der Waals surface area (Å²) in [4.78, 5) is 39.7. The number of anilines is 3. The van der Waals surface area contributed by atoms with E-state index in [0.29, 0.717) is 45.0 Å². The first-order valence-corrected chi connectivity index (χ1v) is 9.09. The number of nitrogens with one attached hydrogen (secondary N) is 2. The fourth-order valence-corrected chi connectivity index (χ4v) is 3.21. The molecule has 0 atom stereocenters. The maximum atomic E-state index is 13.1. The molecular formula is C19H23FN4O4. The van der Waals surface area contributed by atoms with Crippen molar-refractivity contribution in [3.8, 4) is 0 Å². The first-order chi connectivity index (χ1) is 13.5. The van der Waals surface area contributed by atoms with Gasteiger partial charge in [0.25, 0.3) is 10.9 Å². The molecule has 0 bridgehead atoms. The van der Waals surface area contributed by atoms with Crippen molar-refractivity contribution in [1.29, 1.82) is 0 Å². The molecule has 9 heteroatoms. The van der Waals surface area contributed by atoms with Crippen molar-refractivity contribution in [2.45, 2.75) is 0 Å². The normalized spacial score (nSPS) is 14.4. The number of nitrogens with zero attached hydrogens (tertiary/aromatic N) is 2. The monoisotopic (exact) mass is 390 g/mol. The molecule has 0 spiro atoms. The molecule has 0 aliphatic carbocycles. The van der Waals surface area contributed by atoms with Crippen LogP contribution in [0, 0.1) is 5.82 Å². The Morgan fingerprint density at radius 2 is 1.71 bits per heavy atom. The van der Waals surface area contributed by atoms with Gasteiger partial charge in [-0.15, -0.1) is 0 Å². The second kappa shape index (κ2) is 8.83. The van der Waals surface area contributed by atoms with Crippen LogP contribution in [-0.4, -0.2) is 58.9 Å². The fraction of sp³-hybridized carbons (Fsp3) is 0.421. The Morgan fingerprint density at radius 3 is 2.36 bits per heavy atom. The third kappa shape index (κ3) is 4.30. The van der Waals surface area contributed by atoms with Gasteiger partial charge in [-0.25, -0.2) is 4.39 Å². The van der Waals surface area contributed by atoms with Gasteiger partial charge in [0.2, 0.25) is 5.91 Å². The summed E-state index contributed by atoms with van der Waals surface area (Å²) < 4.78 is 17.9. The topological polar surface area (TPSA) is 91.0 Å². The largest absolute Gasteiger partial charge is 0.383 e. The van der Waals surface area contributed by atoms with Crippen LogP contribution in [0.2, 0.25) is 0 Å². The SMILES string of the molecule is COCCNC(=O)CNc1c(N2CCN(c3ccc(F)cc3)CC2)c(=O)c1=O. The molecule has 0 aromatic heterocycles. The molecule has 28 heavy (non-hydrogen) atoms. The van der Waals surface area contributed by atoms with Gasteiger partial charge in [0.1, 0.15) is 17.2 Å². The number of hydrogen-bond donors (Lipinski definition) is 2. The summed E-state index contributed by atoms with van der Waals surface area (Å²) in [5.74, 6) is -0.565. The van der Waals surface area contributed by atoms with E-state index in [1.54, 1.807) is 12.1 Å². The zero-order valence-electron chi connectivity index (χ0n) is 15.7. The molecule has 1 aliphatic rings. The molecule has 0 radical (unpaired) electrons. The average Bonchev–Trinajstić information content (AvgIpc) is 2.71. The molecule has 1 aliphatic heterocycles. The summed E-state index contributed by atoms with van der Waals surface area (Å²) in [6, 6.07) is 6.27. The van der Waals surface area contributed by atoms with Crippen molar-refractivity contribution in [2.75, 3.05) is 68.1 Å². The molecule has 1 heterocycles. The third-order valence-electron chi connectivity index (χ3n) is 4.73. The quantitative estimate of drug-likeness (QED) is 0.481. The van der Waals surface area contributed by atoms with Crippen LogP contribution < -0.4 is 31.3 Å². The highest BCUT2D eigenvalue weighted by Gasteiger charge is 2.28. The van der Waals surface area contributed by atoms with Gasteiger partial charge in [-0.2, -0.15) is 0 Å². The molecule has 1 saturated heterocycles. The van der Waals surface area contributed by atoms with E-state index < -0.39 is 10.9 Å². The standard InChI is InChI=1S/C19H23FN4O4/c1-28-11-6-21-15(25)12-22-16-17(19(27)18(16)26)24-9-7-23(8-10-24)14-4-2-13(20)3-5-14/h2-5,22H,6-12H2,1H3,(H,21,25). The molecule has 1 amide bonds. The lowest BCUT2D eigenvalue weighted by molar-refractivity contribution is -0.119. The first-order valence-electron chi connectivity index (χ1n) is 9.09. The number of amides is 1. The van der Waals surface area contributed by atoms with Crippen molar-refractivity contribution >= 4 is 23.0 Å². The van der Waals surface area contributed by atoms with Crippen LogP contribution in [-0.2, 0) is 9.53 Å². The molecular weight excluding hydrogens is 367 g/mol. The molecule has 8 nitrogen and oxygen atoms in total. The number of methoxy groups -OCH3 is 1. The van der Waals surface area contributed by atoms with Crippen molar-refractivity contribution in [2.24, 2.45) is 0 Å². The van der Waals surface area contributed by atoms with Gasteiger partial charge in [0.05, 0.1) is 13.2 Å². The third-order valence-corrected chi connectivity index (χ3v) is 4.73. The molecule has 3 rings (SSSR count). The summed E-state index contributed by atoms with van der Waals surface area (Å²) in [7, 11) is 1.54. The smallest absolute Gasteiger partial charge is 0.253 e. The van der Waals surface area contributed by atoms with Crippen LogP contribution in [0.15, 0.2) is 33.9 Å². The van der Waals surface area contributed by atoms with Crippen molar-refractivity contribution in [3.63, 3.8) is 0 Å². The maximum absolute atomic E-state index is 13.1. The second-order valence-electron chi connectivity index (χ2n) is 6.53. The number of piperazine rings is 1. The summed E-state index contributed by atoms with van der Waals surface area (Å²) in [6.07, 6.45) is 0. The van der Waals surface area contributed by atoms with E-state index in [1.807, 2.05) is 4.90 Å². The number of benzene rings is 1. The highest BCUT2D eigenvalue weighted by Crippen LogP contribution is 2.23. The summed E-state index contributed by atoms with van der Waals surface area (Å²) in [5, 5.41) is 5.43. The minimum Gasteiger partial charge on any atom is -0.383 e. The molecule has 0 saturated carbocycles. The van der Waals surface area contributed by atoms with E-state index in [4.69, 9.17) is 4.74 Å². The summed E-state index contributed by atoms with van der Waals surface area (Å²) in [5.41, 5.74) is 0.325. The van der Waals surface area contributed by atoms with Gasteiger partial charge < -0.3 is 25.2 Å². The zero-order valence-corrected chi connectivity index (χ0v) is 15.7. The zero-order chi connectivity index (χ0) is 20.1. The minimum atomic E-state index is -0.597. The molecule has 150 valence electrons. The number of carbonyl (C=O) groups excluding carboxylic acids is 1. The highest BCUT2D eigenvalue weighted by atomic mass is 19.1. The van der Waals surface area contributed by atoms with E-state index in [9.17, 15) is 18.8 Å². The number of ether oxygens (including phenoxy) is 1. The molecule has 2 aromatic rings. The highest BCUT2D eigenvalue weighted by molar-refractivity contribution is 5.84. The first kappa shape index (κ1) is 19.8. The molecule has 2 N–H and O–H groups in total. The van der Waals surface area contributed by atoms with E-state index in [2.05, 4.69) is 15.5 Å². The Labute approximate surface area is 161 Å². The van der Waals surface area contributed by atoms with E-state index in [1.165, 1.54) is 19.2 Å². The van der Waals surface area contributed by atoms with Crippen LogP contribution in [0.3, 0.4) is 0 Å². The van der Waals surface area contributed by atoms with Gasteiger partial charge in [-0.3, -0.25) is 14.4 Å². The Morgan fingerprint density at radius 1 is 1.07 bits per heavy atom. The Bertz CT molecular complexity index is 884. The van der Waals surface area contributed by atoms with E-state index in [0.717, 1.165) is 5.69 Å². The maximum Gasteiger partial charge on any atom is 0.253 e.